The Kier molecular flexibility index (Phi) is 6.57. The smallest absolute Gasteiger partial charge is 0.492 e. The number of anilines is 1. The average molecular weight is 468 g/mol. The molecule has 2 aromatic carbocycles. The van der Waals surface area contributed by atoms with E-state index in [1.807, 2.05) is 17.2 Å². The van der Waals surface area contributed by atoms with Gasteiger partial charge in [-0.05, 0) is 46.1 Å². The minimum Gasteiger partial charge on any atom is -0.492 e. The van der Waals surface area contributed by atoms with E-state index in [0.717, 1.165) is 51.9 Å². The molecule has 0 fully saturated rings. The van der Waals surface area contributed by atoms with Crippen LogP contribution in [0.25, 0.3) is 11.1 Å². The Balaban J connectivity index is 1.99. The molecule has 0 radical (unpaired) electrons. The summed E-state index contributed by atoms with van der Waals surface area (Å²) in [5.74, 6) is 0.483. The molecule has 3 rings (SSSR count). The molecule has 0 spiro atoms. The molecule has 29 heavy (non-hydrogen) atoms. The number of fused-ring (bicyclic) bond motifs is 1. The fraction of sp³-hybridized carbons (Fsp3) is 0.273. The van der Waals surface area contributed by atoms with Gasteiger partial charge in [0, 0.05) is 34.4 Å². The van der Waals surface area contributed by atoms with Crippen LogP contribution in [0.15, 0.2) is 59.9 Å². The van der Waals surface area contributed by atoms with Crippen LogP contribution in [0.3, 0.4) is 0 Å². The first-order valence-corrected chi connectivity index (χ1v) is 10.0. The van der Waals surface area contributed by atoms with Crippen molar-refractivity contribution in [2.24, 2.45) is 0 Å². The topological polar surface area (TPSA) is 21.7 Å². The molecular weight excluding hydrogens is 447 g/mol. The van der Waals surface area contributed by atoms with Gasteiger partial charge in [0.25, 0.3) is 0 Å². The van der Waals surface area contributed by atoms with Crippen LogP contribution >= 0.6 is 15.9 Å². The molecule has 0 saturated carbocycles. The van der Waals surface area contributed by atoms with Crippen molar-refractivity contribution in [3.05, 3.63) is 65.4 Å². The number of rotatable bonds is 7. The molecule has 1 heterocycles. The van der Waals surface area contributed by atoms with Gasteiger partial charge in [0.2, 0.25) is 0 Å². The maximum absolute atomic E-state index is 12.4. The highest BCUT2D eigenvalue weighted by Crippen LogP contribution is 2.46. The number of halogens is 4. The SMILES string of the molecule is C=CN(/C=C\CCC)c1c(Br)cc(-c2ccc(OC(F)(F)F)cc2)c2c1CCO2. The van der Waals surface area contributed by atoms with Crippen LogP contribution in [0.1, 0.15) is 25.3 Å². The molecule has 1 aliphatic heterocycles. The number of hydrogen-bond acceptors (Lipinski definition) is 3. The maximum Gasteiger partial charge on any atom is 0.573 e. The lowest BCUT2D eigenvalue weighted by atomic mass is 9.99. The van der Waals surface area contributed by atoms with E-state index >= 15 is 0 Å². The van der Waals surface area contributed by atoms with Crippen molar-refractivity contribution in [2.45, 2.75) is 32.5 Å². The van der Waals surface area contributed by atoms with Crippen molar-refractivity contribution < 1.29 is 22.6 Å². The highest BCUT2D eigenvalue weighted by molar-refractivity contribution is 9.10. The van der Waals surface area contributed by atoms with Crippen LogP contribution < -0.4 is 14.4 Å². The lowest BCUT2D eigenvalue weighted by molar-refractivity contribution is -0.274. The largest absolute Gasteiger partial charge is 0.573 e. The third-order valence-electron chi connectivity index (χ3n) is 4.48. The quantitative estimate of drug-likeness (QED) is 0.429. The van der Waals surface area contributed by atoms with Gasteiger partial charge in [-0.2, -0.15) is 0 Å². The van der Waals surface area contributed by atoms with Crippen LogP contribution in [0.5, 0.6) is 11.5 Å². The van der Waals surface area contributed by atoms with E-state index in [1.165, 1.54) is 12.1 Å². The van der Waals surface area contributed by atoms with Crippen LogP contribution in [0.4, 0.5) is 18.9 Å². The number of nitrogens with zero attached hydrogens (tertiary/aromatic N) is 1. The zero-order chi connectivity index (χ0) is 21.0. The van der Waals surface area contributed by atoms with Crippen molar-refractivity contribution in [1.29, 1.82) is 0 Å². The van der Waals surface area contributed by atoms with E-state index in [0.29, 0.717) is 6.61 Å². The number of unbranched alkanes of at least 4 members (excludes halogenated alkanes) is 1. The molecule has 0 aliphatic carbocycles. The summed E-state index contributed by atoms with van der Waals surface area (Å²) in [6.45, 7) is 6.57. The summed E-state index contributed by atoms with van der Waals surface area (Å²) in [6, 6.07) is 7.71. The van der Waals surface area contributed by atoms with Gasteiger partial charge in [0.15, 0.2) is 0 Å². The third-order valence-corrected chi connectivity index (χ3v) is 5.08. The first kappa shape index (κ1) is 21.3. The molecule has 0 amide bonds. The van der Waals surface area contributed by atoms with Crippen LogP contribution in [-0.2, 0) is 6.42 Å². The van der Waals surface area contributed by atoms with Crippen LogP contribution in [0.2, 0.25) is 0 Å². The number of ether oxygens (including phenoxy) is 2. The molecule has 0 saturated heterocycles. The summed E-state index contributed by atoms with van der Waals surface area (Å²) in [7, 11) is 0. The van der Waals surface area contributed by atoms with E-state index in [-0.39, 0.29) is 5.75 Å². The minimum atomic E-state index is -4.71. The van der Waals surface area contributed by atoms with Gasteiger partial charge in [0.1, 0.15) is 11.5 Å². The van der Waals surface area contributed by atoms with E-state index in [4.69, 9.17) is 4.74 Å². The standard InChI is InChI=1S/C22H21BrF3NO2/c1-3-5-6-12-27(4-2)20-17-11-13-28-21(17)18(14-19(20)23)15-7-9-16(10-8-15)29-22(24,25)26/h4,6-10,12,14H,2-3,5,11,13H2,1H3/b12-6-. The second kappa shape index (κ2) is 8.95. The molecule has 1 aliphatic rings. The van der Waals surface area contributed by atoms with Crippen molar-refractivity contribution in [3.8, 4) is 22.6 Å². The van der Waals surface area contributed by atoms with Gasteiger partial charge in [-0.15, -0.1) is 13.2 Å². The molecule has 3 nitrogen and oxygen atoms in total. The highest BCUT2D eigenvalue weighted by Gasteiger charge is 2.31. The molecular formula is C22H21BrF3NO2. The summed E-state index contributed by atoms with van der Waals surface area (Å²) >= 11 is 3.65. The molecule has 0 unspecified atom stereocenters. The summed E-state index contributed by atoms with van der Waals surface area (Å²) < 4.78 is 47.9. The van der Waals surface area contributed by atoms with Gasteiger partial charge in [-0.3, -0.25) is 0 Å². The zero-order valence-electron chi connectivity index (χ0n) is 15.9. The Morgan fingerprint density at radius 1 is 1.28 bits per heavy atom. The number of allylic oxidation sites excluding steroid dienone is 1. The average Bonchev–Trinajstić information content (AvgIpc) is 3.14. The fourth-order valence-corrected chi connectivity index (χ4v) is 3.91. The van der Waals surface area contributed by atoms with E-state index in [2.05, 4.69) is 40.2 Å². The maximum atomic E-state index is 12.4. The minimum absolute atomic E-state index is 0.256. The molecule has 2 aromatic rings. The van der Waals surface area contributed by atoms with Gasteiger partial charge < -0.3 is 14.4 Å². The molecule has 0 aromatic heterocycles. The Bertz CT molecular complexity index is 908. The first-order valence-electron chi connectivity index (χ1n) is 9.26. The van der Waals surface area contributed by atoms with Crippen LogP contribution in [-0.4, -0.2) is 13.0 Å². The molecule has 154 valence electrons. The van der Waals surface area contributed by atoms with Gasteiger partial charge >= 0.3 is 6.36 Å². The molecule has 0 atom stereocenters. The van der Waals surface area contributed by atoms with Crippen molar-refractivity contribution in [1.82, 2.24) is 0 Å². The van der Waals surface area contributed by atoms with E-state index in [9.17, 15) is 13.2 Å². The monoisotopic (exact) mass is 467 g/mol. The van der Waals surface area contributed by atoms with Gasteiger partial charge in [-0.1, -0.05) is 38.1 Å². The lowest BCUT2D eigenvalue weighted by Crippen LogP contribution is -2.16. The number of benzene rings is 2. The second-order valence-electron chi connectivity index (χ2n) is 6.50. The van der Waals surface area contributed by atoms with Gasteiger partial charge in [0.05, 0.1) is 12.3 Å². The lowest BCUT2D eigenvalue weighted by Gasteiger charge is -2.22. The molecule has 0 bridgehead atoms. The fourth-order valence-electron chi connectivity index (χ4n) is 3.24. The van der Waals surface area contributed by atoms with Crippen LogP contribution in [0, 0.1) is 0 Å². The van der Waals surface area contributed by atoms with Crippen molar-refractivity contribution >= 4 is 21.6 Å². The highest BCUT2D eigenvalue weighted by atomic mass is 79.9. The summed E-state index contributed by atoms with van der Waals surface area (Å²) in [5, 5.41) is 0. The Morgan fingerprint density at radius 3 is 2.62 bits per heavy atom. The second-order valence-corrected chi connectivity index (χ2v) is 7.35. The Morgan fingerprint density at radius 2 is 2.00 bits per heavy atom. The third kappa shape index (κ3) is 4.96. The predicted molar refractivity (Wildman–Crippen MR) is 112 cm³/mol. The summed E-state index contributed by atoms with van der Waals surface area (Å²) in [4.78, 5) is 1.96. The van der Waals surface area contributed by atoms with E-state index in [1.54, 1.807) is 18.3 Å². The summed E-state index contributed by atoms with van der Waals surface area (Å²) in [5.41, 5.74) is 3.55. The van der Waals surface area contributed by atoms with E-state index < -0.39 is 6.36 Å². The Hall–Kier alpha value is -2.41. The summed E-state index contributed by atoms with van der Waals surface area (Å²) in [6.07, 6.45) is 3.85. The van der Waals surface area contributed by atoms with Gasteiger partial charge in [-0.25, -0.2) is 0 Å². The Labute approximate surface area is 176 Å². The zero-order valence-corrected chi connectivity index (χ0v) is 17.5. The number of hydrogen-bond donors (Lipinski definition) is 0. The molecule has 7 heteroatoms. The normalized spacial score (nSPS) is 13.3. The van der Waals surface area contributed by atoms with Crippen molar-refractivity contribution in [3.63, 3.8) is 0 Å². The van der Waals surface area contributed by atoms with Crippen molar-refractivity contribution in [2.75, 3.05) is 11.5 Å². The first-order chi connectivity index (χ1) is 13.8. The number of alkyl halides is 3. The predicted octanol–water partition coefficient (Wildman–Crippen LogP) is 7.21. The molecule has 0 N–H and O–H groups in total.